The number of nitrogens with two attached hydrogens (primary N) is 2. The molecule has 3 rings (SSSR count). The predicted octanol–water partition coefficient (Wildman–Crippen LogP) is 8.00. The van der Waals surface area contributed by atoms with Gasteiger partial charge in [-0.15, -0.1) is 0 Å². The largest absolute Gasteiger partial charge is 0.493 e. The van der Waals surface area contributed by atoms with Gasteiger partial charge in [0.05, 0.1) is 44.0 Å². The number of hydrogen-bond acceptors (Lipinski definition) is 8. The SMILES string of the molecule is COc1cc(/C(C#N)=C/c2ccc3c(c2)OCC3)ccc1OCCCCCCCCCCCOC(=O)C(C)(CC(C)(C)N)C(C)(C)N. The highest BCUT2D eigenvalue weighted by Crippen LogP contribution is 2.38. The molecular formula is C39H57N3O5. The number of ether oxygens (including phenoxy) is 4. The van der Waals surface area contributed by atoms with Crippen LogP contribution in [0.3, 0.4) is 0 Å². The van der Waals surface area contributed by atoms with Gasteiger partial charge in [0.15, 0.2) is 11.5 Å². The van der Waals surface area contributed by atoms with Crippen LogP contribution in [0.15, 0.2) is 36.4 Å². The molecule has 0 spiro atoms. The van der Waals surface area contributed by atoms with E-state index in [-0.39, 0.29) is 5.97 Å². The van der Waals surface area contributed by atoms with Crippen molar-refractivity contribution in [3.8, 4) is 23.3 Å². The molecule has 4 N–H and O–H groups in total. The third kappa shape index (κ3) is 11.6. The van der Waals surface area contributed by atoms with E-state index in [1.165, 1.54) is 31.2 Å². The number of nitrogens with zero attached hydrogens (tertiary/aromatic N) is 1. The summed E-state index contributed by atoms with van der Waals surface area (Å²) in [6.45, 7) is 11.2. The Morgan fingerprint density at radius 3 is 2.13 bits per heavy atom. The molecule has 0 radical (unpaired) electrons. The van der Waals surface area contributed by atoms with Gasteiger partial charge in [0.2, 0.25) is 0 Å². The Labute approximate surface area is 282 Å². The first-order valence-electron chi connectivity index (χ1n) is 17.2. The quantitative estimate of drug-likeness (QED) is 0.0640. The number of nitriles is 1. The lowest BCUT2D eigenvalue weighted by molar-refractivity contribution is -0.160. The summed E-state index contributed by atoms with van der Waals surface area (Å²) in [7, 11) is 1.62. The topological polar surface area (TPSA) is 130 Å². The highest BCUT2D eigenvalue weighted by molar-refractivity contribution is 5.90. The van der Waals surface area contributed by atoms with E-state index >= 15 is 0 Å². The zero-order valence-electron chi connectivity index (χ0n) is 29.6. The lowest BCUT2D eigenvalue weighted by atomic mass is 9.67. The molecule has 0 fully saturated rings. The number of allylic oxidation sites excluding steroid dienone is 1. The Bertz CT molecular complexity index is 1380. The smallest absolute Gasteiger partial charge is 0.313 e. The third-order valence-electron chi connectivity index (χ3n) is 9.09. The summed E-state index contributed by atoms with van der Waals surface area (Å²) in [5.41, 5.74) is 14.0. The van der Waals surface area contributed by atoms with E-state index in [2.05, 4.69) is 12.1 Å². The van der Waals surface area contributed by atoms with Crippen LogP contribution in [0.1, 0.15) is 116 Å². The van der Waals surface area contributed by atoms with Crippen molar-refractivity contribution in [2.24, 2.45) is 16.9 Å². The molecule has 1 unspecified atom stereocenters. The van der Waals surface area contributed by atoms with Gasteiger partial charge in [-0.2, -0.15) is 5.26 Å². The van der Waals surface area contributed by atoms with E-state index in [0.29, 0.717) is 43.3 Å². The molecule has 0 bridgehead atoms. The van der Waals surface area contributed by atoms with Crippen LogP contribution < -0.4 is 25.7 Å². The Morgan fingerprint density at radius 2 is 1.53 bits per heavy atom. The van der Waals surface area contributed by atoms with Crippen molar-refractivity contribution in [2.75, 3.05) is 26.9 Å². The lowest BCUT2D eigenvalue weighted by Crippen LogP contribution is -2.58. The van der Waals surface area contributed by atoms with Crippen LogP contribution in [0, 0.1) is 16.7 Å². The van der Waals surface area contributed by atoms with E-state index in [0.717, 1.165) is 55.4 Å². The van der Waals surface area contributed by atoms with E-state index in [4.69, 9.17) is 30.4 Å². The van der Waals surface area contributed by atoms with E-state index < -0.39 is 16.5 Å². The third-order valence-corrected chi connectivity index (χ3v) is 9.09. The number of hydrogen-bond donors (Lipinski definition) is 2. The van der Waals surface area contributed by atoms with Crippen LogP contribution in [0.4, 0.5) is 0 Å². The molecule has 2 aromatic carbocycles. The maximum absolute atomic E-state index is 12.9. The van der Waals surface area contributed by atoms with Crippen molar-refractivity contribution in [3.05, 3.63) is 53.1 Å². The van der Waals surface area contributed by atoms with Crippen LogP contribution >= 0.6 is 0 Å². The Morgan fingerprint density at radius 1 is 0.894 bits per heavy atom. The number of carbonyl (C=O) groups excluding carboxylic acids is 1. The molecule has 0 amide bonds. The summed E-state index contributed by atoms with van der Waals surface area (Å²) in [5, 5.41) is 9.84. The molecular weight excluding hydrogens is 590 g/mol. The van der Waals surface area contributed by atoms with Crippen molar-refractivity contribution < 1.29 is 23.7 Å². The monoisotopic (exact) mass is 647 g/mol. The van der Waals surface area contributed by atoms with Crippen LogP contribution in [-0.2, 0) is 16.0 Å². The highest BCUT2D eigenvalue weighted by atomic mass is 16.5. The maximum Gasteiger partial charge on any atom is 0.313 e. The number of esters is 1. The Balaban J connectivity index is 1.29. The van der Waals surface area contributed by atoms with E-state index in [1.807, 2.05) is 71.0 Å². The second-order valence-electron chi connectivity index (χ2n) is 14.4. The zero-order valence-corrected chi connectivity index (χ0v) is 29.6. The average molecular weight is 648 g/mol. The summed E-state index contributed by atoms with van der Waals surface area (Å²) in [4.78, 5) is 12.9. The van der Waals surface area contributed by atoms with Crippen molar-refractivity contribution in [1.29, 1.82) is 5.26 Å². The minimum Gasteiger partial charge on any atom is -0.493 e. The molecule has 0 saturated carbocycles. The fourth-order valence-electron chi connectivity index (χ4n) is 6.00. The van der Waals surface area contributed by atoms with Crippen LogP contribution in [0.25, 0.3) is 11.6 Å². The van der Waals surface area contributed by atoms with Gasteiger partial charge in [-0.3, -0.25) is 4.79 Å². The molecule has 1 aliphatic heterocycles. The Kier molecular flexibility index (Phi) is 14.2. The van der Waals surface area contributed by atoms with Gasteiger partial charge in [-0.05, 0) is 101 Å². The van der Waals surface area contributed by atoms with Gasteiger partial charge in [0.25, 0.3) is 0 Å². The summed E-state index contributed by atoms with van der Waals surface area (Å²) in [6, 6.07) is 14.0. The van der Waals surface area contributed by atoms with Crippen LogP contribution in [0.2, 0.25) is 0 Å². The minimum absolute atomic E-state index is 0.259. The number of rotatable bonds is 20. The van der Waals surface area contributed by atoms with Gasteiger partial charge in [-0.1, -0.05) is 57.1 Å². The van der Waals surface area contributed by atoms with Crippen LogP contribution in [-0.4, -0.2) is 44.0 Å². The van der Waals surface area contributed by atoms with Gasteiger partial charge in [-0.25, -0.2) is 0 Å². The lowest BCUT2D eigenvalue weighted by Gasteiger charge is -2.42. The molecule has 8 heteroatoms. The fourth-order valence-corrected chi connectivity index (χ4v) is 6.00. The molecule has 1 heterocycles. The molecule has 258 valence electrons. The first-order chi connectivity index (χ1) is 22.3. The average Bonchev–Trinajstić information content (AvgIpc) is 3.48. The second kappa shape index (κ2) is 17.6. The fraction of sp³-hybridized carbons (Fsp3) is 0.590. The van der Waals surface area contributed by atoms with E-state index in [1.54, 1.807) is 7.11 Å². The molecule has 1 atom stereocenters. The maximum atomic E-state index is 12.9. The van der Waals surface area contributed by atoms with Gasteiger partial charge in [0, 0.05) is 17.5 Å². The van der Waals surface area contributed by atoms with Crippen molar-refractivity contribution in [2.45, 2.75) is 116 Å². The molecule has 2 aromatic rings. The zero-order chi connectivity index (χ0) is 34.5. The van der Waals surface area contributed by atoms with Crippen molar-refractivity contribution >= 4 is 17.6 Å². The molecule has 0 aromatic heterocycles. The first kappa shape index (κ1) is 37.9. The number of methoxy groups -OCH3 is 1. The molecule has 8 nitrogen and oxygen atoms in total. The summed E-state index contributed by atoms with van der Waals surface area (Å²) >= 11 is 0. The second-order valence-corrected chi connectivity index (χ2v) is 14.4. The predicted molar refractivity (Wildman–Crippen MR) is 189 cm³/mol. The van der Waals surface area contributed by atoms with Gasteiger partial charge in [0.1, 0.15) is 5.75 Å². The van der Waals surface area contributed by atoms with Gasteiger partial charge < -0.3 is 30.4 Å². The van der Waals surface area contributed by atoms with Crippen molar-refractivity contribution in [1.82, 2.24) is 0 Å². The van der Waals surface area contributed by atoms with Crippen molar-refractivity contribution in [3.63, 3.8) is 0 Å². The van der Waals surface area contributed by atoms with Crippen LogP contribution in [0.5, 0.6) is 17.2 Å². The number of benzene rings is 2. The molecule has 0 saturated heterocycles. The van der Waals surface area contributed by atoms with E-state index in [9.17, 15) is 10.1 Å². The highest BCUT2D eigenvalue weighted by Gasteiger charge is 2.48. The summed E-state index contributed by atoms with van der Waals surface area (Å²) < 4.78 is 22.9. The number of unbranched alkanes of at least 4 members (excludes halogenated alkanes) is 8. The minimum atomic E-state index is -0.841. The molecule has 0 aliphatic carbocycles. The first-order valence-corrected chi connectivity index (χ1v) is 17.2. The normalized spacial score (nSPS) is 14.5. The molecule has 1 aliphatic rings. The standard InChI is InChI=1S/C39H57N3O5/c1-37(2,41)28-39(5,38(3,4)42)36(43)47-22-15-13-11-9-7-8-10-12-14-21-45-33-19-18-31(26-35(33)44-6)32(27-40)24-29-16-17-30-20-23-46-34(30)25-29/h16-19,24-26H,7-15,20-23,28,41-42H2,1-6H3/b32-24+. The Hall–Kier alpha value is -3.54. The number of fused-ring (bicyclic) bond motifs is 1. The van der Waals surface area contributed by atoms with Gasteiger partial charge >= 0.3 is 5.97 Å². The summed E-state index contributed by atoms with van der Waals surface area (Å²) in [6.07, 6.45) is 13.1. The summed E-state index contributed by atoms with van der Waals surface area (Å²) in [5.74, 6) is 1.94. The molecule has 47 heavy (non-hydrogen) atoms. The number of carbonyl (C=O) groups is 1.